The van der Waals surface area contributed by atoms with Gasteiger partial charge in [0.25, 0.3) is 0 Å². The lowest BCUT2D eigenvalue weighted by Crippen LogP contribution is -2.13. The predicted molar refractivity (Wildman–Crippen MR) is 137 cm³/mol. The Labute approximate surface area is 207 Å². The molecule has 1 aliphatic carbocycles. The van der Waals surface area contributed by atoms with Crippen LogP contribution in [0.15, 0.2) is 79.1 Å². The highest BCUT2D eigenvalue weighted by Crippen LogP contribution is 2.45. The summed E-state index contributed by atoms with van der Waals surface area (Å²) < 4.78 is 7.24. The van der Waals surface area contributed by atoms with E-state index in [-0.39, 0.29) is 5.92 Å². The van der Waals surface area contributed by atoms with Crippen LogP contribution in [0, 0.1) is 0 Å². The van der Waals surface area contributed by atoms with Crippen molar-refractivity contribution in [2.24, 2.45) is 0 Å². The van der Waals surface area contributed by atoms with Crippen molar-refractivity contribution in [2.45, 2.75) is 18.9 Å². The van der Waals surface area contributed by atoms with Crippen LogP contribution in [0.3, 0.4) is 0 Å². The fraction of sp³-hybridized carbons (Fsp3) is 0.143. The summed E-state index contributed by atoms with van der Waals surface area (Å²) in [5.74, 6) is 1.03. The van der Waals surface area contributed by atoms with Crippen molar-refractivity contribution < 1.29 is 4.74 Å². The largest absolute Gasteiger partial charge is 0.497 e. The van der Waals surface area contributed by atoms with Gasteiger partial charge in [-0.15, -0.1) is 0 Å². The van der Waals surface area contributed by atoms with E-state index in [4.69, 9.17) is 38.0 Å². The molecule has 1 aliphatic rings. The molecule has 6 rings (SSSR count). The third kappa shape index (κ3) is 3.54. The lowest BCUT2D eigenvalue weighted by Gasteiger charge is -2.28. The highest BCUT2D eigenvalue weighted by molar-refractivity contribution is 6.42. The summed E-state index contributed by atoms with van der Waals surface area (Å²) in [5, 5.41) is 6.93. The summed E-state index contributed by atoms with van der Waals surface area (Å²) in [6.07, 6.45) is 4.79. The zero-order chi connectivity index (χ0) is 23.2. The summed E-state index contributed by atoms with van der Waals surface area (Å²) >= 11 is 12.5. The highest BCUT2D eigenvalue weighted by Gasteiger charge is 2.28. The van der Waals surface area contributed by atoms with Crippen LogP contribution >= 0.6 is 23.2 Å². The molecule has 168 valence electrons. The van der Waals surface area contributed by atoms with E-state index in [1.807, 2.05) is 41.3 Å². The molecule has 0 aliphatic heterocycles. The number of methoxy groups -OCH3 is 1. The van der Waals surface area contributed by atoms with Crippen LogP contribution in [0.2, 0.25) is 10.0 Å². The summed E-state index contributed by atoms with van der Waals surface area (Å²) in [5.41, 5.74) is 8.12. The molecule has 2 aromatic heterocycles. The first-order valence-corrected chi connectivity index (χ1v) is 11.9. The number of aromatic nitrogens is 3. The maximum absolute atomic E-state index is 6.36. The lowest BCUT2D eigenvalue weighted by atomic mass is 9.75. The third-order valence-corrected chi connectivity index (χ3v) is 7.35. The molecule has 34 heavy (non-hydrogen) atoms. The Morgan fingerprint density at radius 1 is 0.971 bits per heavy atom. The molecule has 0 saturated heterocycles. The second kappa shape index (κ2) is 8.46. The minimum atomic E-state index is 0.187. The highest BCUT2D eigenvalue weighted by atomic mass is 35.5. The predicted octanol–water partition coefficient (Wildman–Crippen LogP) is 7.15. The minimum absolute atomic E-state index is 0.187. The Balaban J connectivity index is 1.44. The van der Waals surface area contributed by atoms with E-state index in [1.165, 1.54) is 22.3 Å². The molecule has 4 nitrogen and oxygen atoms in total. The number of hydrogen-bond acceptors (Lipinski definition) is 3. The number of benzene rings is 3. The van der Waals surface area contributed by atoms with Gasteiger partial charge in [-0.3, -0.25) is 0 Å². The van der Waals surface area contributed by atoms with E-state index < -0.39 is 0 Å². The van der Waals surface area contributed by atoms with Gasteiger partial charge in [0.2, 0.25) is 0 Å². The van der Waals surface area contributed by atoms with Gasteiger partial charge in [-0.25, -0.2) is 9.67 Å². The standard InChI is InChI=1S/C28H21Cl2N3O/c1-34-20-9-6-17(7-10-20)16-33-28-24(15-32-33)27-19(14-31-28)12-23(21-4-2-3-5-22(21)27)18-8-11-25(29)26(30)13-18/h2-11,13-15,23H,12,16H2,1H3. The van der Waals surface area contributed by atoms with Gasteiger partial charge in [0.05, 0.1) is 29.9 Å². The van der Waals surface area contributed by atoms with E-state index in [0.29, 0.717) is 16.6 Å². The Morgan fingerprint density at radius 2 is 1.79 bits per heavy atom. The van der Waals surface area contributed by atoms with Crippen molar-refractivity contribution >= 4 is 34.2 Å². The lowest BCUT2D eigenvalue weighted by molar-refractivity contribution is 0.414. The summed E-state index contributed by atoms with van der Waals surface area (Å²) in [4.78, 5) is 4.85. The molecule has 0 bridgehead atoms. The molecular weight excluding hydrogens is 465 g/mol. The van der Waals surface area contributed by atoms with Crippen LogP contribution in [-0.4, -0.2) is 21.9 Å². The normalized spacial score (nSPS) is 14.6. The molecule has 0 saturated carbocycles. The number of fused-ring (bicyclic) bond motifs is 5. The second-order valence-electron chi connectivity index (χ2n) is 8.56. The molecule has 0 fully saturated rings. The summed E-state index contributed by atoms with van der Waals surface area (Å²) in [6.45, 7) is 0.646. The second-order valence-corrected chi connectivity index (χ2v) is 9.38. The fourth-order valence-electron chi connectivity index (χ4n) is 4.95. The van der Waals surface area contributed by atoms with Crippen molar-refractivity contribution in [1.82, 2.24) is 14.8 Å². The van der Waals surface area contributed by atoms with Gasteiger partial charge in [-0.1, -0.05) is 65.7 Å². The zero-order valence-corrected chi connectivity index (χ0v) is 20.0. The number of hydrogen-bond donors (Lipinski definition) is 0. The average molecular weight is 486 g/mol. The van der Waals surface area contributed by atoms with Crippen LogP contribution < -0.4 is 4.74 Å². The van der Waals surface area contributed by atoms with Gasteiger partial charge in [-0.05, 0) is 64.1 Å². The van der Waals surface area contributed by atoms with Gasteiger partial charge in [0, 0.05) is 17.5 Å². The van der Waals surface area contributed by atoms with Gasteiger partial charge in [0.1, 0.15) is 5.75 Å². The van der Waals surface area contributed by atoms with E-state index in [1.54, 1.807) is 7.11 Å². The SMILES string of the molecule is COc1ccc(Cn2ncc3c4c(cnc32)CC(c2ccc(Cl)c(Cl)c2)c2ccccc2-4)cc1. The van der Waals surface area contributed by atoms with Crippen molar-refractivity contribution in [3.63, 3.8) is 0 Å². The van der Waals surface area contributed by atoms with Crippen LogP contribution in [0.4, 0.5) is 0 Å². The fourth-order valence-corrected chi connectivity index (χ4v) is 5.25. The molecule has 0 N–H and O–H groups in total. The summed E-state index contributed by atoms with van der Waals surface area (Å²) in [7, 11) is 1.67. The molecule has 5 aromatic rings. The molecule has 6 heteroatoms. The zero-order valence-electron chi connectivity index (χ0n) is 18.5. The Bertz CT molecular complexity index is 1530. The van der Waals surface area contributed by atoms with Crippen LogP contribution in [-0.2, 0) is 13.0 Å². The molecule has 1 atom stereocenters. The first kappa shape index (κ1) is 21.2. The monoisotopic (exact) mass is 485 g/mol. The maximum atomic E-state index is 6.36. The molecular formula is C28H21Cl2N3O. The van der Waals surface area contributed by atoms with E-state index in [2.05, 4.69) is 42.5 Å². The van der Waals surface area contributed by atoms with Crippen LogP contribution in [0.5, 0.6) is 5.75 Å². The Morgan fingerprint density at radius 3 is 2.59 bits per heavy atom. The number of pyridine rings is 1. The average Bonchev–Trinajstić information content (AvgIpc) is 3.28. The number of rotatable bonds is 4. The first-order valence-electron chi connectivity index (χ1n) is 11.1. The van der Waals surface area contributed by atoms with Crippen molar-refractivity contribution in [1.29, 1.82) is 0 Å². The van der Waals surface area contributed by atoms with Gasteiger partial charge in [0.15, 0.2) is 5.65 Å². The molecule has 2 heterocycles. The first-order chi connectivity index (χ1) is 16.6. The summed E-state index contributed by atoms with van der Waals surface area (Å²) in [6, 6.07) is 22.6. The Kier molecular flexibility index (Phi) is 5.28. The molecule has 1 unspecified atom stereocenters. The smallest absolute Gasteiger partial charge is 0.158 e. The minimum Gasteiger partial charge on any atom is -0.497 e. The van der Waals surface area contributed by atoms with Gasteiger partial charge >= 0.3 is 0 Å². The maximum Gasteiger partial charge on any atom is 0.158 e. The van der Waals surface area contributed by atoms with E-state index >= 15 is 0 Å². The van der Waals surface area contributed by atoms with Crippen molar-refractivity contribution in [2.75, 3.05) is 7.11 Å². The Hall–Kier alpha value is -3.34. The molecule has 3 aromatic carbocycles. The molecule has 0 amide bonds. The molecule has 0 radical (unpaired) electrons. The van der Waals surface area contributed by atoms with E-state index in [0.717, 1.165) is 34.3 Å². The number of ether oxygens (including phenoxy) is 1. The molecule has 0 spiro atoms. The number of nitrogens with zero attached hydrogens (tertiary/aromatic N) is 3. The van der Waals surface area contributed by atoms with Crippen LogP contribution in [0.1, 0.15) is 28.2 Å². The van der Waals surface area contributed by atoms with Crippen LogP contribution in [0.25, 0.3) is 22.2 Å². The van der Waals surface area contributed by atoms with Crippen molar-refractivity contribution in [3.8, 4) is 16.9 Å². The van der Waals surface area contributed by atoms with E-state index in [9.17, 15) is 0 Å². The quantitative estimate of drug-likeness (QED) is 0.271. The number of halogens is 2. The van der Waals surface area contributed by atoms with Crippen molar-refractivity contribution in [3.05, 3.63) is 111 Å². The third-order valence-electron chi connectivity index (χ3n) is 6.61. The topological polar surface area (TPSA) is 39.9 Å². The van der Waals surface area contributed by atoms with Gasteiger partial charge < -0.3 is 4.74 Å². The van der Waals surface area contributed by atoms with Gasteiger partial charge in [-0.2, -0.15) is 5.10 Å².